The number of aromatic nitrogens is 4. The molecule has 0 aromatic carbocycles. The van der Waals surface area contributed by atoms with Crippen LogP contribution in [0.4, 0.5) is 5.69 Å². The van der Waals surface area contributed by atoms with E-state index in [9.17, 15) is 4.79 Å². The molecule has 1 amide bonds. The van der Waals surface area contributed by atoms with Gasteiger partial charge in [-0.15, -0.1) is 10.2 Å². The first kappa shape index (κ1) is 12.3. The monoisotopic (exact) mass is 281 g/mol. The summed E-state index contributed by atoms with van der Waals surface area (Å²) < 4.78 is 6.75. The molecule has 1 aliphatic heterocycles. The third-order valence-electron chi connectivity index (χ3n) is 3.14. The molecule has 1 fully saturated rings. The van der Waals surface area contributed by atoms with Gasteiger partial charge in [-0.3, -0.25) is 9.20 Å². The normalized spacial score (nSPS) is 16.7. The van der Waals surface area contributed by atoms with E-state index in [0.717, 1.165) is 12.8 Å². The number of carbonyl (C=O) groups excluding carboxylic acids is 1. The largest absolute Gasteiger partial charge is 0.381 e. The van der Waals surface area contributed by atoms with E-state index < -0.39 is 0 Å². The Bertz CT molecular complexity index is 608. The highest BCUT2D eigenvalue weighted by molar-refractivity contribution is 6.28. The Hall–Kier alpha value is -1.73. The van der Waals surface area contributed by atoms with Gasteiger partial charge < -0.3 is 10.1 Å². The first-order valence-corrected chi connectivity index (χ1v) is 6.36. The van der Waals surface area contributed by atoms with Gasteiger partial charge in [0.05, 0.1) is 6.20 Å². The van der Waals surface area contributed by atoms with Crippen molar-refractivity contribution in [3.8, 4) is 0 Å². The van der Waals surface area contributed by atoms with E-state index in [4.69, 9.17) is 16.3 Å². The van der Waals surface area contributed by atoms with Gasteiger partial charge in [0, 0.05) is 19.1 Å². The van der Waals surface area contributed by atoms with Crippen molar-refractivity contribution in [2.24, 2.45) is 5.92 Å². The molecule has 2 aromatic rings. The van der Waals surface area contributed by atoms with Crippen LogP contribution in [-0.2, 0) is 9.53 Å². The van der Waals surface area contributed by atoms with E-state index in [-0.39, 0.29) is 17.1 Å². The standard InChI is InChI=1S/C11H12ClN5O2/c12-11-13-5-8(9-16-14-6-17(9)11)15-10(18)7-1-3-19-4-2-7/h5-7H,1-4H2,(H,15,18). The Balaban J connectivity index is 1.83. The molecule has 2 aromatic heterocycles. The Morgan fingerprint density at radius 1 is 1.47 bits per heavy atom. The first-order valence-electron chi connectivity index (χ1n) is 5.98. The lowest BCUT2D eigenvalue weighted by molar-refractivity contribution is -0.122. The Morgan fingerprint density at radius 2 is 2.26 bits per heavy atom. The molecule has 0 aliphatic carbocycles. The first-order chi connectivity index (χ1) is 9.25. The van der Waals surface area contributed by atoms with Gasteiger partial charge in [0.1, 0.15) is 12.0 Å². The lowest BCUT2D eigenvalue weighted by Crippen LogP contribution is -2.28. The molecule has 0 atom stereocenters. The number of anilines is 1. The van der Waals surface area contributed by atoms with Crippen LogP contribution in [0.5, 0.6) is 0 Å². The Morgan fingerprint density at radius 3 is 3.05 bits per heavy atom. The Labute approximate surface area is 113 Å². The molecule has 3 heterocycles. The van der Waals surface area contributed by atoms with E-state index in [1.165, 1.54) is 16.9 Å². The fourth-order valence-corrected chi connectivity index (χ4v) is 2.25. The van der Waals surface area contributed by atoms with Crippen LogP contribution in [0, 0.1) is 5.92 Å². The maximum absolute atomic E-state index is 12.1. The molecule has 0 unspecified atom stereocenters. The van der Waals surface area contributed by atoms with Crippen LogP contribution in [0.25, 0.3) is 5.65 Å². The summed E-state index contributed by atoms with van der Waals surface area (Å²) >= 11 is 5.90. The lowest BCUT2D eigenvalue weighted by atomic mass is 9.99. The second kappa shape index (κ2) is 5.10. The number of rotatable bonds is 2. The summed E-state index contributed by atoms with van der Waals surface area (Å²) in [5.41, 5.74) is 0.999. The highest BCUT2D eigenvalue weighted by Crippen LogP contribution is 2.20. The summed E-state index contributed by atoms with van der Waals surface area (Å²) in [6.45, 7) is 1.24. The van der Waals surface area contributed by atoms with E-state index in [0.29, 0.717) is 24.5 Å². The molecule has 7 nitrogen and oxygen atoms in total. The fourth-order valence-electron chi connectivity index (χ4n) is 2.07. The van der Waals surface area contributed by atoms with Crippen molar-refractivity contribution in [1.82, 2.24) is 19.6 Å². The van der Waals surface area contributed by atoms with Crippen molar-refractivity contribution in [2.45, 2.75) is 12.8 Å². The molecule has 1 aliphatic rings. The van der Waals surface area contributed by atoms with Crippen LogP contribution in [0.3, 0.4) is 0 Å². The number of fused-ring (bicyclic) bond motifs is 1. The second-order valence-electron chi connectivity index (χ2n) is 4.34. The summed E-state index contributed by atoms with van der Waals surface area (Å²) in [5, 5.41) is 10.8. The summed E-state index contributed by atoms with van der Waals surface area (Å²) in [6.07, 6.45) is 4.41. The highest BCUT2D eigenvalue weighted by atomic mass is 35.5. The Kier molecular flexibility index (Phi) is 3.31. The zero-order chi connectivity index (χ0) is 13.2. The molecule has 0 spiro atoms. The van der Waals surface area contributed by atoms with Crippen molar-refractivity contribution in [1.29, 1.82) is 0 Å². The van der Waals surface area contributed by atoms with Crippen molar-refractivity contribution in [3.63, 3.8) is 0 Å². The summed E-state index contributed by atoms with van der Waals surface area (Å²) in [5.74, 6) is -0.0790. The number of hydrogen-bond donors (Lipinski definition) is 1. The van der Waals surface area contributed by atoms with Crippen molar-refractivity contribution in [2.75, 3.05) is 18.5 Å². The maximum atomic E-state index is 12.1. The minimum absolute atomic E-state index is 0.0348. The average molecular weight is 282 g/mol. The SMILES string of the molecule is O=C(Nc1cnc(Cl)n2cnnc12)C1CCOCC1. The van der Waals surface area contributed by atoms with Gasteiger partial charge in [0.15, 0.2) is 5.65 Å². The van der Waals surface area contributed by atoms with Crippen molar-refractivity contribution >= 4 is 28.8 Å². The zero-order valence-electron chi connectivity index (χ0n) is 10.0. The van der Waals surface area contributed by atoms with Crippen LogP contribution in [0.2, 0.25) is 5.28 Å². The van der Waals surface area contributed by atoms with Gasteiger partial charge in [0.2, 0.25) is 11.2 Å². The van der Waals surface area contributed by atoms with Crippen LogP contribution < -0.4 is 5.32 Å². The predicted molar refractivity (Wildman–Crippen MR) is 68.0 cm³/mol. The molecule has 3 rings (SSSR count). The number of amides is 1. The van der Waals surface area contributed by atoms with E-state index in [2.05, 4.69) is 20.5 Å². The summed E-state index contributed by atoms with van der Waals surface area (Å²) in [6, 6.07) is 0. The van der Waals surface area contributed by atoms with E-state index in [1.807, 2.05) is 0 Å². The van der Waals surface area contributed by atoms with Gasteiger partial charge in [-0.05, 0) is 24.4 Å². The molecule has 1 saturated heterocycles. The average Bonchev–Trinajstić information content (AvgIpc) is 2.93. The number of carbonyl (C=O) groups is 1. The fraction of sp³-hybridized carbons (Fsp3) is 0.455. The van der Waals surface area contributed by atoms with Crippen molar-refractivity contribution < 1.29 is 9.53 Å². The summed E-state index contributed by atoms with van der Waals surface area (Å²) in [4.78, 5) is 16.1. The number of nitrogens with one attached hydrogen (secondary N) is 1. The number of nitrogens with zero attached hydrogens (tertiary/aromatic N) is 4. The molecule has 0 saturated carbocycles. The second-order valence-corrected chi connectivity index (χ2v) is 4.68. The van der Waals surface area contributed by atoms with E-state index >= 15 is 0 Å². The summed E-state index contributed by atoms with van der Waals surface area (Å²) in [7, 11) is 0. The van der Waals surface area contributed by atoms with Crippen LogP contribution >= 0.6 is 11.6 Å². The zero-order valence-corrected chi connectivity index (χ0v) is 10.8. The minimum atomic E-state index is -0.0441. The van der Waals surface area contributed by atoms with Crippen molar-refractivity contribution in [3.05, 3.63) is 17.8 Å². The van der Waals surface area contributed by atoms with E-state index in [1.54, 1.807) is 0 Å². The number of ether oxygens (including phenoxy) is 1. The molecule has 1 N–H and O–H groups in total. The number of hydrogen-bond acceptors (Lipinski definition) is 5. The van der Waals surface area contributed by atoms with Gasteiger partial charge in [-0.2, -0.15) is 0 Å². The topological polar surface area (TPSA) is 81.4 Å². The highest BCUT2D eigenvalue weighted by Gasteiger charge is 2.22. The smallest absolute Gasteiger partial charge is 0.227 e. The van der Waals surface area contributed by atoms with Crippen LogP contribution in [0.1, 0.15) is 12.8 Å². The molecular formula is C11H12ClN5O2. The third-order valence-corrected chi connectivity index (χ3v) is 3.42. The number of halogens is 1. The van der Waals surface area contributed by atoms with Gasteiger partial charge in [-0.25, -0.2) is 4.98 Å². The van der Waals surface area contributed by atoms with Gasteiger partial charge in [-0.1, -0.05) is 0 Å². The maximum Gasteiger partial charge on any atom is 0.227 e. The van der Waals surface area contributed by atoms with Crippen LogP contribution in [-0.4, -0.2) is 38.7 Å². The predicted octanol–water partition coefficient (Wildman–Crippen LogP) is 1.14. The quantitative estimate of drug-likeness (QED) is 0.835. The molecular weight excluding hydrogens is 270 g/mol. The third kappa shape index (κ3) is 2.39. The molecule has 19 heavy (non-hydrogen) atoms. The van der Waals surface area contributed by atoms with Gasteiger partial charge in [0.25, 0.3) is 0 Å². The minimum Gasteiger partial charge on any atom is -0.381 e. The van der Waals surface area contributed by atoms with Crippen LogP contribution in [0.15, 0.2) is 12.5 Å². The molecule has 8 heteroatoms. The molecule has 0 bridgehead atoms. The molecule has 100 valence electrons. The molecule has 0 radical (unpaired) electrons. The van der Waals surface area contributed by atoms with Gasteiger partial charge >= 0.3 is 0 Å². The lowest BCUT2D eigenvalue weighted by Gasteiger charge is -2.21.